The van der Waals surface area contributed by atoms with Gasteiger partial charge in [-0.3, -0.25) is 0 Å². The Morgan fingerprint density at radius 3 is 1.96 bits per heavy atom. The van der Waals surface area contributed by atoms with Crippen LogP contribution in [0.2, 0.25) is 0 Å². The highest BCUT2D eigenvalue weighted by molar-refractivity contribution is 7.89. The average molecular weight is 405 g/mol. The SMILES string of the molecule is COC(=O)c1cc(C(=O)OC)cc(S(=O)(=O)N(C)CCCc2ccccc2)c1. The second-order valence-electron chi connectivity index (χ2n) is 6.14. The number of aryl methyl sites for hydroxylation is 1. The zero-order chi connectivity index (χ0) is 20.7. The minimum Gasteiger partial charge on any atom is -0.465 e. The van der Waals surface area contributed by atoms with Gasteiger partial charge in [-0.1, -0.05) is 30.3 Å². The number of rotatable bonds is 8. The van der Waals surface area contributed by atoms with E-state index >= 15 is 0 Å². The summed E-state index contributed by atoms with van der Waals surface area (Å²) in [7, 11) is -0.0876. The van der Waals surface area contributed by atoms with Crippen molar-refractivity contribution in [2.24, 2.45) is 0 Å². The molecule has 150 valence electrons. The standard InChI is InChI=1S/C20H23NO6S/c1-21(11-7-10-15-8-5-4-6-9-15)28(24,25)18-13-16(19(22)26-2)12-17(14-18)20(23)27-3/h4-6,8-9,12-14H,7,10-11H2,1-3H3. The van der Waals surface area contributed by atoms with Gasteiger partial charge in [0.25, 0.3) is 0 Å². The van der Waals surface area contributed by atoms with Crippen molar-refractivity contribution >= 4 is 22.0 Å². The van der Waals surface area contributed by atoms with Gasteiger partial charge in [-0.05, 0) is 36.6 Å². The molecule has 7 nitrogen and oxygen atoms in total. The van der Waals surface area contributed by atoms with E-state index < -0.39 is 22.0 Å². The number of nitrogens with zero attached hydrogens (tertiary/aromatic N) is 1. The predicted octanol–water partition coefficient (Wildman–Crippen LogP) is 2.51. The maximum Gasteiger partial charge on any atom is 0.337 e. The molecule has 0 fully saturated rings. The highest BCUT2D eigenvalue weighted by Crippen LogP contribution is 2.20. The van der Waals surface area contributed by atoms with Crippen LogP contribution in [0.25, 0.3) is 0 Å². The summed E-state index contributed by atoms with van der Waals surface area (Å²) < 4.78 is 36.3. The number of carbonyl (C=O) groups is 2. The predicted molar refractivity (Wildman–Crippen MR) is 104 cm³/mol. The van der Waals surface area contributed by atoms with Crippen LogP contribution in [0, 0.1) is 0 Å². The molecule has 0 aliphatic rings. The molecule has 2 aromatic rings. The van der Waals surface area contributed by atoms with Gasteiger partial charge < -0.3 is 9.47 Å². The summed E-state index contributed by atoms with van der Waals surface area (Å²) in [6, 6.07) is 13.4. The molecule has 0 heterocycles. The molecule has 0 aromatic heterocycles. The third-order valence-electron chi connectivity index (χ3n) is 4.24. The Labute approximate surface area is 164 Å². The van der Waals surface area contributed by atoms with E-state index in [-0.39, 0.29) is 22.6 Å². The van der Waals surface area contributed by atoms with Crippen LogP contribution in [-0.4, -0.2) is 52.5 Å². The lowest BCUT2D eigenvalue weighted by Crippen LogP contribution is -2.28. The number of hydrogen-bond donors (Lipinski definition) is 0. The molecule has 2 aromatic carbocycles. The van der Waals surface area contributed by atoms with Crippen LogP contribution in [-0.2, 0) is 25.9 Å². The molecule has 0 N–H and O–H groups in total. The highest BCUT2D eigenvalue weighted by Gasteiger charge is 2.24. The number of sulfonamides is 1. The van der Waals surface area contributed by atoms with E-state index in [2.05, 4.69) is 9.47 Å². The van der Waals surface area contributed by atoms with Gasteiger partial charge in [0.2, 0.25) is 10.0 Å². The molecular weight excluding hydrogens is 382 g/mol. The van der Waals surface area contributed by atoms with Crippen LogP contribution in [0.1, 0.15) is 32.7 Å². The Balaban J connectivity index is 2.24. The minimum atomic E-state index is -3.90. The quantitative estimate of drug-likeness (QED) is 0.627. The van der Waals surface area contributed by atoms with Crippen LogP contribution in [0.3, 0.4) is 0 Å². The lowest BCUT2D eigenvalue weighted by atomic mass is 10.1. The van der Waals surface area contributed by atoms with Gasteiger partial charge in [0.15, 0.2) is 0 Å². The molecule has 0 radical (unpaired) electrons. The first-order valence-electron chi connectivity index (χ1n) is 8.61. The second-order valence-corrected chi connectivity index (χ2v) is 8.19. The van der Waals surface area contributed by atoms with Crippen molar-refractivity contribution in [2.75, 3.05) is 27.8 Å². The number of benzene rings is 2. The lowest BCUT2D eigenvalue weighted by Gasteiger charge is -2.18. The van der Waals surface area contributed by atoms with Crippen LogP contribution in [0.5, 0.6) is 0 Å². The van der Waals surface area contributed by atoms with Crippen LogP contribution in [0.4, 0.5) is 0 Å². The smallest absolute Gasteiger partial charge is 0.337 e. The monoisotopic (exact) mass is 405 g/mol. The van der Waals surface area contributed by atoms with Gasteiger partial charge in [-0.15, -0.1) is 0 Å². The molecule has 0 aliphatic carbocycles. The molecule has 0 aliphatic heterocycles. The van der Waals surface area contributed by atoms with Crippen molar-refractivity contribution in [2.45, 2.75) is 17.7 Å². The van der Waals surface area contributed by atoms with E-state index in [0.717, 1.165) is 12.0 Å². The molecule has 8 heteroatoms. The summed E-state index contributed by atoms with van der Waals surface area (Å²) in [5.74, 6) is -1.48. The average Bonchev–Trinajstić information content (AvgIpc) is 2.72. The summed E-state index contributed by atoms with van der Waals surface area (Å²) in [4.78, 5) is 23.6. The van der Waals surface area contributed by atoms with Crippen molar-refractivity contribution in [3.8, 4) is 0 Å². The summed E-state index contributed by atoms with van der Waals surface area (Å²) >= 11 is 0. The summed E-state index contributed by atoms with van der Waals surface area (Å²) in [5, 5.41) is 0. The molecule has 0 bridgehead atoms. The van der Waals surface area contributed by atoms with Crippen LogP contribution in [0.15, 0.2) is 53.4 Å². The minimum absolute atomic E-state index is 0.0401. The van der Waals surface area contributed by atoms with Crippen molar-refractivity contribution < 1.29 is 27.5 Å². The second kappa shape index (κ2) is 9.48. The molecule has 28 heavy (non-hydrogen) atoms. The Kier molecular flexibility index (Phi) is 7.31. The van der Waals surface area contributed by atoms with Crippen molar-refractivity contribution in [1.29, 1.82) is 0 Å². The summed E-state index contributed by atoms with van der Waals surface area (Å²) in [5.41, 5.74) is 1.04. The Bertz CT molecular complexity index is 906. The molecule has 0 unspecified atom stereocenters. The Hall–Kier alpha value is -2.71. The Morgan fingerprint density at radius 2 is 1.46 bits per heavy atom. The number of esters is 2. The fraction of sp³-hybridized carbons (Fsp3) is 0.300. The van der Waals surface area contributed by atoms with E-state index in [1.165, 1.54) is 43.8 Å². The maximum absolute atomic E-state index is 12.9. The molecule has 2 rings (SSSR count). The van der Waals surface area contributed by atoms with Gasteiger partial charge in [0.1, 0.15) is 0 Å². The van der Waals surface area contributed by atoms with E-state index in [1.807, 2.05) is 30.3 Å². The van der Waals surface area contributed by atoms with E-state index in [4.69, 9.17) is 0 Å². The zero-order valence-electron chi connectivity index (χ0n) is 16.0. The first kappa shape index (κ1) is 21.6. The summed E-state index contributed by atoms with van der Waals surface area (Å²) in [6.07, 6.45) is 1.36. The van der Waals surface area contributed by atoms with E-state index in [9.17, 15) is 18.0 Å². The van der Waals surface area contributed by atoms with Gasteiger partial charge in [-0.25, -0.2) is 22.3 Å². The highest BCUT2D eigenvalue weighted by atomic mass is 32.2. The fourth-order valence-electron chi connectivity index (χ4n) is 2.67. The Morgan fingerprint density at radius 1 is 0.929 bits per heavy atom. The lowest BCUT2D eigenvalue weighted by molar-refractivity contribution is 0.0598. The molecule has 0 spiro atoms. The maximum atomic E-state index is 12.9. The molecular formula is C20H23NO6S. The fourth-order valence-corrected chi connectivity index (χ4v) is 3.95. The van der Waals surface area contributed by atoms with Gasteiger partial charge >= 0.3 is 11.9 Å². The number of carbonyl (C=O) groups excluding carboxylic acids is 2. The van der Waals surface area contributed by atoms with Gasteiger partial charge in [0.05, 0.1) is 30.2 Å². The number of hydrogen-bond acceptors (Lipinski definition) is 6. The van der Waals surface area contributed by atoms with E-state index in [0.29, 0.717) is 6.42 Å². The van der Waals surface area contributed by atoms with E-state index in [1.54, 1.807) is 0 Å². The first-order valence-corrected chi connectivity index (χ1v) is 10.1. The third-order valence-corrected chi connectivity index (χ3v) is 6.07. The largest absolute Gasteiger partial charge is 0.465 e. The first-order chi connectivity index (χ1) is 13.3. The van der Waals surface area contributed by atoms with Crippen LogP contribution < -0.4 is 0 Å². The molecule has 0 atom stereocenters. The zero-order valence-corrected chi connectivity index (χ0v) is 16.9. The van der Waals surface area contributed by atoms with Crippen molar-refractivity contribution in [3.05, 3.63) is 65.2 Å². The summed E-state index contributed by atoms with van der Waals surface area (Å²) in [6.45, 7) is 0.285. The molecule has 0 amide bonds. The number of methoxy groups -OCH3 is 2. The normalized spacial score (nSPS) is 11.3. The van der Waals surface area contributed by atoms with Crippen LogP contribution >= 0.6 is 0 Å². The van der Waals surface area contributed by atoms with Gasteiger partial charge in [-0.2, -0.15) is 0 Å². The third kappa shape index (κ3) is 5.17. The molecule has 0 saturated carbocycles. The number of ether oxygens (including phenoxy) is 2. The van der Waals surface area contributed by atoms with Crippen molar-refractivity contribution in [3.63, 3.8) is 0 Å². The molecule has 0 saturated heterocycles. The topological polar surface area (TPSA) is 90.0 Å². The van der Waals surface area contributed by atoms with Crippen molar-refractivity contribution in [1.82, 2.24) is 4.31 Å². The van der Waals surface area contributed by atoms with Gasteiger partial charge in [0, 0.05) is 13.6 Å².